The topological polar surface area (TPSA) is 63.9 Å². The fraction of sp³-hybridized carbons (Fsp3) is 0.565. The second-order valence-corrected chi connectivity index (χ2v) is 7.69. The third kappa shape index (κ3) is 5.60. The van der Waals surface area contributed by atoms with Crippen molar-refractivity contribution in [2.45, 2.75) is 71.4 Å². The standard InChI is InChI=1S/C23H31N3O2/c1-3-28-23(27)19-10-9-17(2)22(26-20-7-5-4-6-8-20)21(15-19)25-16-18-11-13-24-14-12-18/h11-15,17,20H,3-10,16H2,1-2H3. The van der Waals surface area contributed by atoms with E-state index in [0.717, 1.165) is 36.2 Å². The van der Waals surface area contributed by atoms with Gasteiger partial charge in [-0.15, -0.1) is 0 Å². The summed E-state index contributed by atoms with van der Waals surface area (Å²) < 4.78 is 5.26. The maximum atomic E-state index is 12.4. The minimum atomic E-state index is -0.231. The van der Waals surface area contributed by atoms with Crippen molar-refractivity contribution in [3.8, 4) is 0 Å². The lowest BCUT2D eigenvalue weighted by atomic mass is 9.93. The molecule has 0 aromatic carbocycles. The van der Waals surface area contributed by atoms with Gasteiger partial charge in [-0.2, -0.15) is 0 Å². The zero-order valence-electron chi connectivity index (χ0n) is 17.1. The molecule has 1 fully saturated rings. The first-order valence-corrected chi connectivity index (χ1v) is 10.6. The first kappa shape index (κ1) is 20.4. The smallest absolute Gasteiger partial charge is 0.334 e. The Hall–Kier alpha value is -2.30. The van der Waals surface area contributed by atoms with E-state index >= 15 is 0 Å². The zero-order valence-corrected chi connectivity index (χ0v) is 17.1. The molecule has 0 spiro atoms. The lowest BCUT2D eigenvalue weighted by Gasteiger charge is -2.21. The second-order valence-electron chi connectivity index (χ2n) is 7.69. The zero-order chi connectivity index (χ0) is 19.8. The van der Waals surface area contributed by atoms with Crippen molar-refractivity contribution in [3.05, 3.63) is 41.7 Å². The van der Waals surface area contributed by atoms with E-state index in [1.54, 1.807) is 12.4 Å². The predicted octanol–water partition coefficient (Wildman–Crippen LogP) is 4.72. The van der Waals surface area contributed by atoms with E-state index in [4.69, 9.17) is 14.7 Å². The van der Waals surface area contributed by atoms with Crippen LogP contribution in [0.1, 0.15) is 64.4 Å². The van der Waals surface area contributed by atoms with Crippen LogP contribution in [-0.4, -0.2) is 35.0 Å². The van der Waals surface area contributed by atoms with Crippen LogP contribution in [0.2, 0.25) is 0 Å². The number of hydrogen-bond donors (Lipinski definition) is 0. The maximum absolute atomic E-state index is 12.4. The number of pyridine rings is 1. The normalized spacial score (nSPS) is 24.1. The summed E-state index contributed by atoms with van der Waals surface area (Å²) in [6, 6.07) is 4.32. The highest BCUT2D eigenvalue weighted by molar-refractivity contribution is 6.48. The highest BCUT2D eigenvalue weighted by Crippen LogP contribution is 2.25. The van der Waals surface area contributed by atoms with E-state index in [1.165, 1.54) is 19.3 Å². The largest absolute Gasteiger partial charge is 0.463 e. The van der Waals surface area contributed by atoms with E-state index in [1.807, 2.05) is 25.1 Å². The Labute approximate surface area is 168 Å². The van der Waals surface area contributed by atoms with Crippen molar-refractivity contribution in [1.29, 1.82) is 0 Å². The fourth-order valence-corrected chi connectivity index (χ4v) is 3.85. The number of rotatable bonds is 5. The molecular formula is C23H31N3O2. The molecule has 0 bridgehead atoms. The minimum absolute atomic E-state index is 0.231. The Bertz CT molecular complexity index is 746. The average Bonchev–Trinajstić information content (AvgIpc) is 2.88. The summed E-state index contributed by atoms with van der Waals surface area (Å²) in [5, 5.41) is 0. The highest BCUT2D eigenvalue weighted by atomic mass is 16.5. The molecule has 0 saturated heterocycles. The lowest BCUT2D eigenvalue weighted by Crippen LogP contribution is -2.23. The van der Waals surface area contributed by atoms with E-state index in [2.05, 4.69) is 11.9 Å². The fourth-order valence-electron chi connectivity index (χ4n) is 3.85. The Morgan fingerprint density at radius 1 is 1.18 bits per heavy atom. The summed E-state index contributed by atoms with van der Waals surface area (Å²) in [6.07, 6.45) is 13.2. The van der Waals surface area contributed by atoms with Gasteiger partial charge in [-0.3, -0.25) is 15.0 Å². The number of allylic oxidation sites excluding steroid dienone is 1. The third-order valence-corrected chi connectivity index (χ3v) is 5.50. The molecule has 0 amide bonds. The Kier molecular flexibility index (Phi) is 7.52. The lowest BCUT2D eigenvalue weighted by molar-refractivity contribution is -0.138. The second kappa shape index (κ2) is 10.3. The Balaban J connectivity index is 1.93. The number of esters is 1. The van der Waals surface area contributed by atoms with Crippen LogP contribution in [0.15, 0.2) is 46.2 Å². The molecule has 0 aliphatic heterocycles. The van der Waals surface area contributed by atoms with Crippen molar-refractivity contribution in [3.63, 3.8) is 0 Å². The third-order valence-electron chi connectivity index (χ3n) is 5.50. The van der Waals surface area contributed by atoms with Crippen molar-refractivity contribution in [2.24, 2.45) is 15.9 Å². The van der Waals surface area contributed by atoms with Crippen LogP contribution in [0.5, 0.6) is 0 Å². The Morgan fingerprint density at radius 2 is 1.93 bits per heavy atom. The summed E-state index contributed by atoms with van der Waals surface area (Å²) in [5.74, 6) is 0.0477. The van der Waals surface area contributed by atoms with Gasteiger partial charge in [0.2, 0.25) is 0 Å². The molecule has 5 heteroatoms. The molecule has 1 saturated carbocycles. The summed E-state index contributed by atoms with van der Waals surface area (Å²) in [5.41, 5.74) is 3.70. The van der Waals surface area contributed by atoms with Gasteiger partial charge in [0, 0.05) is 23.9 Å². The molecule has 1 aromatic heterocycles. The quantitative estimate of drug-likeness (QED) is 0.694. The van der Waals surface area contributed by atoms with Crippen molar-refractivity contribution in [2.75, 3.05) is 6.61 Å². The molecule has 5 nitrogen and oxygen atoms in total. The van der Waals surface area contributed by atoms with E-state index < -0.39 is 0 Å². The molecular weight excluding hydrogens is 350 g/mol. The van der Waals surface area contributed by atoms with Gasteiger partial charge in [-0.1, -0.05) is 26.2 Å². The first-order chi connectivity index (χ1) is 13.7. The van der Waals surface area contributed by atoms with Crippen LogP contribution < -0.4 is 0 Å². The van der Waals surface area contributed by atoms with Gasteiger partial charge in [-0.25, -0.2) is 4.79 Å². The average molecular weight is 382 g/mol. The summed E-state index contributed by atoms with van der Waals surface area (Å²) in [7, 11) is 0. The van der Waals surface area contributed by atoms with E-state index in [9.17, 15) is 4.79 Å². The molecule has 1 heterocycles. The van der Waals surface area contributed by atoms with Crippen LogP contribution in [-0.2, 0) is 16.1 Å². The number of carbonyl (C=O) groups excluding carboxylic acids is 1. The summed E-state index contributed by atoms with van der Waals surface area (Å²) in [6.45, 7) is 4.98. The molecule has 0 N–H and O–H groups in total. The van der Waals surface area contributed by atoms with Gasteiger partial charge in [-0.05, 0) is 56.4 Å². The molecule has 28 heavy (non-hydrogen) atoms. The van der Waals surface area contributed by atoms with Crippen molar-refractivity contribution in [1.82, 2.24) is 4.98 Å². The Morgan fingerprint density at radius 3 is 2.64 bits per heavy atom. The van der Waals surface area contributed by atoms with Gasteiger partial charge < -0.3 is 4.74 Å². The van der Waals surface area contributed by atoms with Gasteiger partial charge in [0.25, 0.3) is 0 Å². The SMILES string of the molecule is CCOC(=O)C1=CC(=NCc2ccncc2)C(=NC2CCCCC2)C(C)CC1. The number of nitrogens with zero attached hydrogens (tertiary/aromatic N) is 3. The number of aromatic nitrogens is 1. The van der Waals surface area contributed by atoms with Crippen LogP contribution in [0, 0.1) is 5.92 Å². The van der Waals surface area contributed by atoms with Gasteiger partial charge in [0.1, 0.15) is 0 Å². The summed E-state index contributed by atoms with van der Waals surface area (Å²) in [4.78, 5) is 26.5. The monoisotopic (exact) mass is 381 g/mol. The van der Waals surface area contributed by atoms with Crippen LogP contribution >= 0.6 is 0 Å². The number of ether oxygens (including phenoxy) is 1. The first-order valence-electron chi connectivity index (χ1n) is 10.6. The van der Waals surface area contributed by atoms with E-state index in [0.29, 0.717) is 31.2 Å². The van der Waals surface area contributed by atoms with Crippen LogP contribution in [0.3, 0.4) is 0 Å². The number of aliphatic imine (C=N–C) groups is 2. The molecule has 150 valence electrons. The molecule has 1 atom stereocenters. The summed E-state index contributed by atoms with van der Waals surface area (Å²) >= 11 is 0. The molecule has 2 aliphatic carbocycles. The van der Waals surface area contributed by atoms with Crippen LogP contribution in [0.25, 0.3) is 0 Å². The molecule has 3 rings (SSSR count). The van der Waals surface area contributed by atoms with Crippen LogP contribution in [0.4, 0.5) is 0 Å². The van der Waals surface area contributed by atoms with Crippen molar-refractivity contribution < 1.29 is 9.53 Å². The minimum Gasteiger partial charge on any atom is -0.463 e. The number of carbonyl (C=O) groups is 1. The van der Waals surface area contributed by atoms with Gasteiger partial charge >= 0.3 is 5.97 Å². The predicted molar refractivity (Wildman–Crippen MR) is 113 cm³/mol. The highest BCUT2D eigenvalue weighted by Gasteiger charge is 2.25. The van der Waals surface area contributed by atoms with Gasteiger partial charge in [0.15, 0.2) is 0 Å². The molecule has 1 unspecified atom stereocenters. The van der Waals surface area contributed by atoms with Gasteiger partial charge in [0.05, 0.1) is 30.6 Å². The maximum Gasteiger partial charge on any atom is 0.334 e. The molecule has 2 aliphatic rings. The van der Waals surface area contributed by atoms with Crippen molar-refractivity contribution >= 4 is 17.4 Å². The molecule has 1 aromatic rings. The number of hydrogen-bond acceptors (Lipinski definition) is 5. The van der Waals surface area contributed by atoms with E-state index in [-0.39, 0.29) is 11.9 Å². The molecule has 0 radical (unpaired) electrons.